The third kappa shape index (κ3) is 4.47. The number of ether oxygens (including phenoxy) is 1. The van der Waals surface area contributed by atoms with Crippen LogP contribution in [0.1, 0.15) is 39.0 Å². The summed E-state index contributed by atoms with van der Waals surface area (Å²) in [4.78, 5) is 14.8. The molecule has 0 unspecified atom stereocenters. The number of morpholine rings is 1. The van der Waals surface area contributed by atoms with Crippen molar-refractivity contribution in [3.05, 3.63) is 24.3 Å². The van der Waals surface area contributed by atoms with Crippen LogP contribution in [0.5, 0.6) is 0 Å². The average molecular weight is 356 g/mol. The Balaban J connectivity index is 1.56. The molecule has 2 N–H and O–H groups in total. The van der Waals surface area contributed by atoms with E-state index in [9.17, 15) is 10.1 Å². The van der Waals surface area contributed by atoms with Crippen LogP contribution in [-0.4, -0.2) is 43.8 Å². The fourth-order valence-corrected chi connectivity index (χ4v) is 3.67. The zero-order chi connectivity index (χ0) is 18.4. The highest BCUT2D eigenvalue weighted by atomic mass is 16.5. The Morgan fingerprint density at radius 1 is 1.19 bits per heavy atom. The van der Waals surface area contributed by atoms with Crippen molar-refractivity contribution in [3.63, 3.8) is 0 Å². The number of amides is 1. The largest absolute Gasteiger partial charge is 0.378 e. The van der Waals surface area contributed by atoms with E-state index < -0.39 is 11.6 Å². The minimum atomic E-state index is -0.689. The number of carbonyl (C=O) groups is 1. The Hall–Kier alpha value is -2.26. The van der Waals surface area contributed by atoms with Crippen LogP contribution < -0.4 is 15.5 Å². The summed E-state index contributed by atoms with van der Waals surface area (Å²) in [6.07, 6.45) is 4.63. The molecule has 3 rings (SSSR count). The van der Waals surface area contributed by atoms with Crippen molar-refractivity contribution >= 4 is 17.3 Å². The minimum Gasteiger partial charge on any atom is -0.378 e. The van der Waals surface area contributed by atoms with Crippen LogP contribution in [0.3, 0.4) is 0 Å². The van der Waals surface area contributed by atoms with E-state index in [-0.39, 0.29) is 5.91 Å². The Labute approximate surface area is 155 Å². The summed E-state index contributed by atoms with van der Waals surface area (Å²) in [5.41, 5.74) is 1.38. The minimum absolute atomic E-state index is 0.120. The van der Waals surface area contributed by atoms with E-state index in [4.69, 9.17) is 4.74 Å². The molecule has 2 aliphatic rings. The molecule has 6 nitrogen and oxygen atoms in total. The molecule has 1 heterocycles. The van der Waals surface area contributed by atoms with Crippen LogP contribution in [0, 0.1) is 11.3 Å². The first-order valence-corrected chi connectivity index (χ1v) is 9.54. The fraction of sp³-hybridized carbons (Fsp3) is 0.600. The number of hydrogen-bond acceptors (Lipinski definition) is 5. The van der Waals surface area contributed by atoms with Crippen LogP contribution >= 0.6 is 0 Å². The number of nitrogens with zero attached hydrogens (tertiary/aromatic N) is 2. The highest BCUT2D eigenvalue weighted by Crippen LogP contribution is 2.27. The van der Waals surface area contributed by atoms with Crippen molar-refractivity contribution in [2.24, 2.45) is 0 Å². The second kappa shape index (κ2) is 8.41. The smallest absolute Gasteiger partial charge is 0.243 e. The van der Waals surface area contributed by atoms with Crippen LogP contribution in [0.25, 0.3) is 0 Å². The van der Waals surface area contributed by atoms with E-state index in [1.54, 1.807) is 0 Å². The monoisotopic (exact) mass is 356 g/mol. The van der Waals surface area contributed by atoms with E-state index in [2.05, 4.69) is 33.7 Å². The van der Waals surface area contributed by atoms with Gasteiger partial charge in [-0.2, -0.15) is 5.26 Å². The SMILES string of the molecule is C[C@@H](Nc1ccc(N2CCOCC2)cc1)C(=O)NC1(C#N)CCCCC1. The maximum atomic E-state index is 12.5. The van der Waals surface area contributed by atoms with Gasteiger partial charge in [0.15, 0.2) is 0 Å². The number of carbonyl (C=O) groups excluding carboxylic acids is 1. The summed E-state index contributed by atoms with van der Waals surface area (Å²) >= 11 is 0. The van der Waals surface area contributed by atoms with E-state index in [1.807, 2.05) is 19.1 Å². The lowest BCUT2D eigenvalue weighted by Gasteiger charge is -2.32. The molecule has 0 radical (unpaired) electrons. The predicted octanol–water partition coefficient (Wildman–Crippen LogP) is 2.67. The first kappa shape index (κ1) is 18.5. The van der Waals surface area contributed by atoms with Gasteiger partial charge >= 0.3 is 0 Å². The second-order valence-electron chi connectivity index (χ2n) is 7.26. The molecule has 1 aliphatic carbocycles. The quantitative estimate of drug-likeness (QED) is 0.848. The van der Waals surface area contributed by atoms with Gasteiger partial charge in [-0.25, -0.2) is 0 Å². The Bertz CT molecular complexity index is 641. The maximum absolute atomic E-state index is 12.5. The molecule has 26 heavy (non-hydrogen) atoms. The number of hydrogen-bond donors (Lipinski definition) is 2. The van der Waals surface area contributed by atoms with Crippen LogP contribution in [-0.2, 0) is 9.53 Å². The standard InChI is InChI=1S/C20H28N4O2/c1-16(19(25)23-20(15-21)9-3-2-4-10-20)22-17-5-7-18(8-6-17)24-11-13-26-14-12-24/h5-8,16,22H,2-4,9-14H2,1H3,(H,23,25)/t16-/m1/s1. The molecule has 1 saturated carbocycles. The first-order valence-electron chi connectivity index (χ1n) is 9.54. The van der Waals surface area contributed by atoms with Crippen molar-refractivity contribution in [2.75, 3.05) is 36.5 Å². The molecule has 140 valence electrons. The maximum Gasteiger partial charge on any atom is 0.243 e. The van der Waals surface area contributed by atoms with Crippen molar-refractivity contribution in [1.82, 2.24) is 5.32 Å². The van der Waals surface area contributed by atoms with Gasteiger partial charge in [-0.1, -0.05) is 19.3 Å². The fourth-order valence-electron chi connectivity index (χ4n) is 3.67. The van der Waals surface area contributed by atoms with Gasteiger partial charge in [0.1, 0.15) is 11.6 Å². The number of nitrogens with one attached hydrogen (secondary N) is 2. The van der Waals surface area contributed by atoms with Gasteiger partial charge in [-0.05, 0) is 44.0 Å². The van der Waals surface area contributed by atoms with E-state index in [0.717, 1.165) is 64.1 Å². The molecular formula is C20H28N4O2. The van der Waals surface area contributed by atoms with Gasteiger partial charge in [0.25, 0.3) is 0 Å². The molecular weight excluding hydrogens is 328 g/mol. The number of nitriles is 1. The number of benzene rings is 1. The number of anilines is 2. The van der Waals surface area contributed by atoms with Crippen molar-refractivity contribution in [2.45, 2.75) is 50.6 Å². The van der Waals surface area contributed by atoms with Crippen LogP contribution in [0.4, 0.5) is 11.4 Å². The molecule has 1 amide bonds. The first-order chi connectivity index (χ1) is 12.6. The topological polar surface area (TPSA) is 77.4 Å². The molecule has 1 aromatic carbocycles. The summed E-state index contributed by atoms with van der Waals surface area (Å²) in [6, 6.07) is 10.1. The number of rotatable bonds is 5. The summed E-state index contributed by atoms with van der Waals surface area (Å²) in [6.45, 7) is 5.17. The zero-order valence-electron chi connectivity index (χ0n) is 15.5. The molecule has 1 aliphatic heterocycles. The Morgan fingerprint density at radius 2 is 1.85 bits per heavy atom. The lowest BCUT2D eigenvalue weighted by molar-refractivity contribution is -0.123. The molecule has 1 saturated heterocycles. The van der Waals surface area contributed by atoms with Crippen LogP contribution in [0.15, 0.2) is 24.3 Å². The highest BCUT2D eigenvalue weighted by molar-refractivity contribution is 5.85. The molecule has 1 aromatic rings. The highest BCUT2D eigenvalue weighted by Gasteiger charge is 2.34. The van der Waals surface area contributed by atoms with Gasteiger partial charge in [0, 0.05) is 24.5 Å². The molecule has 6 heteroatoms. The Morgan fingerprint density at radius 3 is 2.46 bits per heavy atom. The van der Waals surface area contributed by atoms with Crippen LogP contribution in [0.2, 0.25) is 0 Å². The lowest BCUT2D eigenvalue weighted by atomic mass is 9.82. The van der Waals surface area contributed by atoms with Gasteiger partial charge in [-0.3, -0.25) is 4.79 Å². The van der Waals surface area contributed by atoms with E-state index in [0.29, 0.717) is 0 Å². The lowest BCUT2D eigenvalue weighted by Crippen LogP contribution is -2.52. The predicted molar refractivity (Wildman–Crippen MR) is 102 cm³/mol. The molecule has 0 aromatic heterocycles. The summed E-state index contributed by atoms with van der Waals surface area (Å²) in [7, 11) is 0. The third-order valence-corrected chi connectivity index (χ3v) is 5.30. The second-order valence-corrected chi connectivity index (χ2v) is 7.26. The van der Waals surface area contributed by atoms with Crippen molar-refractivity contribution in [1.29, 1.82) is 5.26 Å². The van der Waals surface area contributed by atoms with Gasteiger partial charge in [-0.15, -0.1) is 0 Å². The average Bonchev–Trinajstić information content (AvgIpc) is 2.70. The van der Waals surface area contributed by atoms with E-state index in [1.165, 1.54) is 5.69 Å². The van der Waals surface area contributed by atoms with Crippen molar-refractivity contribution < 1.29 is 9.53 Å². The van der Waals surface area contributed by atoms with Gasteiger partial charge < -0.3 is 20.3 Å². The van der Waals surface area contributed by atoms with Crippen molar-refractivity contribution in [3.8, 4) is 6.07 Å². The van der Waals surface area contributed by atoms with Gasteiger partial charge in [0.05, 0.1) is 19.3 Å². The summed E-state index contributed by atoms with van der Waals surface area (Å²) < 4.78 is 5.38. The molecule has 0 spiro atoms. The normalized spacial score (nSPS) is 20.7. The van der Waals surface area contributed by atoms with Gasteiger partial charge in [0.2, 0.25) is 5.91 Å². The molecule has 2 fully saturated rings. The van der Waals surface area contributed by atoms with E-state index >= 15 is 0 Å². The third-order valence-electron chi connectivity index (χ3n) is 5.30. The summed E-state index contributed by atoms with van der Waals surface area (Å²) in [5, 5.41) is 15.7. The Kier molecular flexibility index (Phi) is 6.00. The molecule has 1 atom stereocenters. The zero-order valence-corrected chi connectivity index (χ0v) is 15.5. The summed E-state index contributed by atoms with van der Waals surface area (Å²) in [5.74, 6) is -0.120. The molecule has 0 bridgehead atoms.